The maximum atomic E-state index is 12.0. The van der Waals surface area contributed by atoms with Crippen LogP contribution >= 0.6 is 23.2 Å². The van der Waals surface area contributed by atoms with Crippen molar-refractivity contribution in [2.45, 2.75) is 18.9 Å². The molecule has 0 radical (unpaired) electrons. The van der Waals surface area contributed by atoms with Gasteiger partial charge in [-0.1, -0.05) is 23.2 Å². The molecule has 19 heavy (non-hydrogen) atoms. The summed E-state index contributed by atoms with van der Waals surface area (Å²) in [5.41, 5.74) is -0.0406. The Bertz CT molecular complexity index is 528. The summed E-state index contributed by atoms with van der Waals surface area (Å²) in [5, 5.41) is 15.0. The van der Waals surface area contributed by atoms with Crippen LogP contribution in [0.15, 0.2) is 12.1 Å². The molecular formula is C12H12Cl2N2O3. The molecule has 1 unspecified atom stereocenters. The van der Waals surface area contributed by atoms with E-state index in [2.05, 4.69) is 10.6 Å². The zero-order chi connectivity index (χ0) is 14.0. The van der Waals surface area contributed by atoms with E-state index in [1.54, 1.807) is 0 Å². The Hall–Kier alpha value is -1.30. The summed E-state index contributed by atoms with van der Waals surface area (Å²) < 4.78 is 0. The maximum Gasteiger partial charge on any atom is 0.337 e. The molecule has 1 amide bonds. The minimum Gasteiger partial charge on any atom is -0.478 e. The summed E-state index contributed by atoms with van der Waals surface area (Å²) in [5.74, 6) is -1.48. The fourth-order valence-electron chi connectivity index (χ4n) is 1.99. The average molecular weight is 303 g/mol. The number of aromatic carboxylic acids is 1. The lowest BCUT2D eigenvalue weighted by molar-refractivity contribution is -0.117. The molecular weight excluding hydrogens is 291 g/mol. The number of benzene rings is 1. The van der Waals surface area contributed by atoms with Gasteiger partial charge in [0.05, 0.1) is 22.3 Å². The third kappa shape index (κ3) is 3.18. The number of hydrogen-bond acceptors (Lipinski definition) is 3. The number of nitrogens with one attached hydrogen (secondary N) is 2. The summed E-state index contributed by atoms with van der Waals surface area (Å²) in [7, 11) is 0. The van der Waals surface area contributed by atoms with Crippen LogP contribution in [0.5, 0.6) is 0 Å². The second-order valence-electron chi connectivity index (χ2n) is 4.25. The molecule has 1 aromatic rings. The van der Waals surface area contributed by atoms with E-state index >= 15 is 0 Å². The van der Waals surface area contributed by atoms with Crippen molar-refractivity contribution in [3.8, 4) is 0 Å². The summed E-state index contributed by atoms with van der Waals surface area (Å²) in [6.07, 6.45) is 1.64. The number of halogens is 2. The summed E-state index contributed by atoms with van der Waals surface area (Å²) in [6, 6.07) is 2.34. The first-order valence-electron chi connectivity index (χ1n) is 5.75. The predicted molar refractivity (Wildman–Crippen MR) is 73.1 cm³/mol. The van der Waals surface area contributed by atoms with Crippen LogP contribution < -0.4 is 10.6 Å². The lowest BCUT2D eigenvalue weighted by Crippen LogP contribution is -2.36. The fraction of sp³-hybridized carbons (Fsp3) is 0.333. The molecule has 1 aromatic carbocycles. The van der Waals surface area contributed by atoms with E-state index in [4.69, 9.17) is 28.3 Å². The lowest BCUT2D eigenvalue weighted by atomic mass is 10.1. The van der Waals surface area contributed by atoms with Crippen LogP contribution in [0.2, 0.25) is 10.0 Å². The van der Waals surface area contributed by atoms with Crippen molar-refractivity contribution in [2.24, 2.45) is 0 Å². The molecule has 7 heteroatoms. The van der Waals surface area contributed by atoms with Crippen LogP contribution in [0.4, 0.5) is 5.69 Å². The van der Waals surface area contributed by atoms with Gasteiger partial charge in [0.25, 0.3) is 0 Å². The van der Waals surface area contributed by atoms with E-state index in [1.165, 1.54) is 12.1 Å². The highest BCUT2D eigenvalue weighted by Crippen LogP contribution is 2.30. The number of amides is 1. The quantitative estimate of drug-likeness (QED) is 0.801. The van der Waals surface area contributed by atoms with Gasteiger partial charge in [-0.25, -0.2) is 4.79 Å². The van der Waals surface area contributed by atoms with Crippen molar-refractivity contribution in [1.82, 2.24) is 5.32 Å². The predicted octanol–water partition coefficient (Wildman–Crippen LogP) is 2.38. The first-order chi connectivity index (χ1) is 8.99. The second-order valence-corrected chi connectivity index (χ2v) is 5.10. The maximum absolute atomic E-state index is 12.0. The van der Waals surface area contributed by atoms with E-state index in [9.17, 15) is 9.59 Å². The third-order valence-corrected chi connectivity index (χ3v) is 3.43. The number of carboxylic acid groups (broad SMARTS) is 1. The summed E-state index contributed by atoms with van der Waals surface area (Å²) in [4.78, 5) is 23.1. The molecule has 1 heterocycles. The molecule has 0 aromatic heterocycles. The smallest absolute Gasteiger partial charge is 0.337 e. The molecule has 0 bridgehead atoms. The zero-order valence-corrected chi connectivity index (χ0v) is 11.4. The lowest BCUT2D eigenvalue weighted by Gasteiger charge is -2.14. The van der Waals surface area contributed by atoms with Crippen LogP contribution in [0.1, 0.15) is 23.2 Å². The van der Waals surface area contributed by atoms with Crippen molar-refractivity contribution >= 4 is 40.8 Å². The van der Waals surface area contributed by atoms with Crippen molar-refractivity contribution < 1.29 is 14.7 Å². The topological polar surface area (TPSA) is 78.4 Å². The molecule has 0 spiro atoms. The molecule has 2 rings (SSSR count). The van der Waals surface area contributed by atoms with Crippen LogP contribution in [-0.2, 0) is 4.79 Å². The SMILES string of the molecule is O=C(O)c1cc(Cl)cc(Cl)c1NC(=O)C1CCCN1. The van der Waals surface area contributed by atoms with Gasteiger partial charge in [-0.05, 0) is 31.5 Å². The standard InChI is InChI=1S/C12H12Cl2N2O3/c13-6-4-7(12(18)19)10(8(14)5-6)16-11(17)9-2-1-3-15-9/h4-5,9,15H,1-3H2,(H,16,17)(H,18,19). The summed E-state index contributed by atoms with van der Waals surface area (Å²) >= 11 is 11.7. The van der Waals surface area contributed by atoms with Crippen molar-refractivity contribution in [3.63, 3.8) is 0 Å². The molecule has 0 saturated carbocycles. The van der Waals surface area contributed by atoms with E-state index in [-0.39, 0.29) is 33.2 Å². The molecule has 5 nitrogen and oxygen atoms in total. The average Bonchev–Trinajstić information content (AvgIpc) is 2.85. The molecule has 1 atom stereocenters. The Kier molecular flexibility index (Phi) is 4.29. The van der Waals surface area contributed by atoms with Gasteiger partial charge in [0.1, 0.15) is 0 Å². The van der Waals surface area contributed by atoms with Gasteiger partial charge < -0.3 is 15.7 Å². The Morgan fingerprint density at radius 1 is 1.37 bits per heavy atom. The van der Waals surface area contributed by atoms with Crippen LogP contribution in [0, 0.1) is 0 Å². The van der Waals surface area contributed by atoms with Gasteiger partial charge >= 0.3 is 5.97 Å². The van der Waals surface area contributed by atoms with Crippen molar-refractivity contribution in [1.29, 1.82) is 0 Å². The van der Waals surface area contributed by atoms with E-state index < -0.39 is 5.97 Å². The normalized spacial score (nSPS) is 18.3. The summed E-state index contributed by atoms with van der Waals surface area (Å²) in [6.45, 7) is 0.776. The van der Waals surface area contributed by atoms with Gasteiger partial charge in [-0.2, -0.15) is 0 Å². The van der Waals surface area contributed by atoms with Gasteiger partial charge in [-0.15, -0.1) is 0 Å². The third-order valence-electron chi connectivity index (χ3n) is 2.91. The largest absolute Gasteiger partial charge is 0.478 e. The Morgan fingerprint density at radius 2 is 2.11 bits per heavy atom. The number of rotatable bonds is 3. The van der Waals surface area contributed by atoms with E-state index in [1.807, 2.05) is 0 Å². The Labute approximate surface area is 119 Å². The minimum absolute atomic E-state index is 0.0808. The van der Waals surface area contributed by atoms with Crippen molar-refractivity contribution in [2.75, 3.05) is 11.9 Å². The van der Waals surface area contributed by atoms with Gasteiger partial charge in [0.2, 0.25) is 5.91 Å². The molecule has 1 aliphatic rings. The second kappa shape index (κ2) is 5.77. The number of carboxylic acids is 1. The van der Waals surface area contributed by atoms with Gasteiger partial charge in [-0.3, -0.25) is 4.79 Å². The molecule has 0 aliphatic carbocycles. The minimum atomic E-state index is -1.20. The number of carbonyl (C=O) groups excluding carboxylic acids is 1. The fourth-order valence-corrected chi connectivity index (χ4v) is 2.53. The van der Waals surface area contributed by atoms with Gasteiger partial charge in [0.15, 0.2) is 0 Å². The molecule has 1 fully saturated rings. The molecule has 3 N–H and O–H groups in total. The van der Waals surface area contributed by atoms with Crippen molar-refractivity contribution in [3.05, 3.63) is 27.7 Å². The van der Waals surface area contributed by atoms with E-state index in [0.717, 1.165) is 19.4 Å². The van der Waals surface area contributed by atoms with Gasteiger partial charge in [0, 0.05) is 5.02 Å². The first kappa shape index (κ1) is 14.1. The highest BCUT2D eigenvalue weighted by Gasteiger charge is 2.24. The monoisotopic (exact) mass is 302 g/mol. The molecule has 1 saturated heterocycles. The number of hydrogen-bond donors (Lipinski definition) is 3. The number of anilines is 1. The van der Waals surface area contributed by atoms with Crippen LogP contribution in [-0.4, -0.2) is 29.6 Å². The molecule has 1 aliphatic heterocycles. The highest BCUT2D eigenvalue weighted by atomic mass is 35.5. The molecule has 102 valence electrons. The Balaban J connectivity index is 2.28. The highest BCUT2D eigenvalue weighted by molar-refractivity contribution is 6.37. The zero-order valence-electron chi connectivity index (χ0n) is 9.87. The number of carbonyl (C=O) groups is 2. The first-order valence-corrected chi connectivity index (χ1v) is 6.51. The van der Waals surface area contributed by atoms with Crippen LogP contribution in [0.3, 0.4) is 0 Å². The van der Waals surface area contributed by atoms with Crippen LogP contribution in [0.25, 0.3) is 0 Å². The van der Waals surface area contributed by atoms with E-state index in [0.29, 0.717) is 0 Å². The Morgan fingerprint density at radius 3 is 2.68 bits per heavy atom.